The summed E-state index contributed by atoms with van der Waals surface area (Å²) >= 11 is 0. The number of halogens is 1. The summed E-state index contributed by atoms with van der Waals surface area (Å²) in [5.74, 6) is -0.145. The molecule has 2 aromatic rings. The lowest BCUT2D eigenvalue weighted by Gasteiger charge is -2.28. The number of hydrogen-bond acceptors (Lipinski definition) is 2. The lowest BCUT2D eigenvalue weighted by atomic mass is 9.94. The van der Waals surface area contributed by atoms with Crippen LogP contribution in [0.25, 0.3) is 0 Å². The highest BCUT2D eigenvalue weighted by molar-refractivity contribution is 5.85. The number of hydrogen-bond donors (Lipinski definition) is 1. The first-order chi connectivity index (χ1) is 10.6. The predicted octanol–water partition coefficient (Wildman–Crippen LogP) is 3.79. The monoisotopic (exact) mass is 332 g/mol. The molecule has 0 aliphatic heterocycles. The Labute approximate surface area is 144 Å². The summed E-state index contributed by atoms with van der Waals surface area (Å²) in [4.78, 5) is 14.6. The highest BCUT2D eigenvalue weighted by Crippen LogP contribution is 2.21. The normalized spacial score (nSPS) is 12.8. The molecule has 2 aromatic carbocycles. The average molecular weight is 333 g/mol. The Morgan fingerprint density at radius 2 is 1.57 bits per heavy atom. The Hall–Kier alpha value is -1.84. The lowest BCUT2D eigenvalue weighted by Crippen LogP contribution is -2.38. The van der Waals surface area contributed by atoms with Gasteiger partial charge in [-0.1, -0.05) is 67.6 Å². The molecular formula is C19H25ClN2O. The number of nitrogens with two attached hydrogens (primary N) is 1. The van der Waals surface area contributed by atoms with Crippen LogP contribution >= 0.6 is 12.4 Å². The van der Waals surface area contributed by atoms with Gasteiger partial charge in [0.05, 0.1) is 5.92 Å². The summed E-state index contributed by atoms with van der Waals surface area (Å²) in [6.45, 7) is 5.22. The molecule has 0 bridgehead atoms. The number of carbonyl (C=O) groups is 1. The Morgan fingerprint density at radius 3 is 2.09 bits per heavy atom. The molecule has 23 heavy (non-hydrogen) atoms. The third kappa shape index (κ3) is 5.08. The second-order valence-corrected chi connectivity index (χ2v) is 5.56. The summed E-state index contributed by atoms with van der Waals surface area (Å²) < 4.78 is 0. The van der Waals surface area contributed by atoms with E-state index < -0.39 is 0 Å². The minimum atomic E-state index is -0.279. The SMILES string of the molecule is CCN(Cc1ccccc1)C(=O)C(C)C(N)c1ccccc1.Cl. The Balaban J connectivity index is 0.00000264. The van der Waals surface area contributed by atoms with E-state index in [0.29, 0.717) is 13.1 Å². The van der Waals surface area contributed by atoms with Crippen molar-refractivity contribution in [3.63, 3.8) is 0 Å². The van der Waals surface area contributed by atoms with Crippen molar-refractivity contribution in [2.24, 2.45) is 11.7 Å². The van der Waals surface area contributed by atoms with Gasteiger partial charge in [-0.15, -0.1) is 12.4 Å². The van der Waals surface area contributed by atoms with E-state index in [9.17, 15) is 4.79 Å². The maximum atomic E-state index is 12.7. The molecule has 0 radical (unpaired) electrons. The van der Waals surface area contributed by atoms with Gasteiger partial charge in [0.1, 0.15) is 0 Å². The van der Waals surface area contributed by atoms with Crippen LogP contribution < -0.4 is 5.73 Å². The fraction of sp³-hybridized carbons (Fsp3) is 0.316. The molecule has 0 saturated heterocycles. The standard InChI is InChI=1S/C19H24N2O.ClH/c1-3-21(14-16-10-6-4-7-11-16)19(22)15(2)18(20)17-12-8-5-9-13-17;/h4-13,15,18H,3,14,20H2,1-2H3;1H. The van der Waals surface area contributed by atoms with Crippen molar-refractivity contribution in [2.45, 2.75) is 26.4 Å². The van der Waals surface area contributed by atoms with E-state index in [2.05, 4.69) is 0 Å². The number of rotatable bonds is 6. The van der Waals surface area contributed by atoms with Gasteiger partial charge in [-0.25, -0.2) is 0 Å². The first kappa shape index (κ1) is 19.2. The van der Waals surface area contributed by atoms with Crippen LogP contribution in [0, 0.1) is 5.92 Å². The molecule has 0 aliphatic carbocycles. The molecule has 0 aliphatic rings. The highest BCUT2D eigenvalue weighted by atomic mass is 35.5. The molecule has 0 saturated carbocycles. The molecular weight excluding hydrogens is 308 g/mol. The van der Waals surface area contributed by atoms with Crippen molar-refractivity contribution in [2.75, 3.05) is 6.54 Å². The molecule has 0 spiro atoms. The van der Waals surface area contributed by atoms with Crippen molar-refractivity contribution >= 4 is 18.3 Å². The Bertz CT molecular complexity index is 585. The van der Waals surface area contributed by atoms with Crippen molar-refractivity contribution in [1.82, 2.24) is 4.90 Å². The Kier molecular flexibility index (Phi) is 7.79. The maximum absolute atomic E-state index is 12.7. The summed E-state index contributed by atoms with van der Waals surface area (Å²) in [5.41, 5.74) is 8.41. The topological polar surface area (TPSA) is 46.3 Å². The van der Waals surface area contributed by atoms with Crippen molar-refractivity contribution in [1.29, 1.82) is 0 Å². The second-order valence-electron chi connectivity index (χ2n) is 5.56. The van der Waals surface area contributed by atoms with Crippen LogP contribution in [0.2, 0.25) is 0 Å². The molecule has 2 rings (SSSR count). The minimum Gasteiger partial charge on any atom is -0.338 e. The van der Waals surface area contributed by atoms with Crippen LogP contribution in [-0.2, 0) is 11.3 Å². The molecule has 0 heterocycles. The van der Waals surface area contributed by atoms with E-state index in [-0.39, 0.29) is 30.3 Å². The third-order valence-electron chi connectivity index (χ3n) is 4.02. The van der Waals surface area contributed by atoms with Crippen LogP contribution in [0.1, 0.15) is 31.0 Å². The van der Waals surface area contributed by atoms with Gasteiger partial charge in [0.15, 0.2) is 0 Å². The molecule has 0 aromatic heterocycles. The second kappa shape index (κ2) is 9.33. The zero-order valence-electron chi connectivity index (χ0n) is 13.7. The van der Waals surface area contributed by atoms with E-state index in [4.69, 9.17) is 5.73 Å². The molecule has 4 heteroatoms. The molecule has 0 fully saturated rings. The van der Waals surface area contributed by atoms with Gasteiger partial charge in [0, 0.05) is 19.1 Å². The van der Waals surface area contributed by atoms with Crippen LogP contribution in [0.3, 0.4) is 0 Å². The quantitative estimate of drug-likeness (QED) is 0.874. The Morgan fingerprint density at radius 1 is 1.04 bits per heavy atom. The highest BCUT2D eigenvalue weighted by Gasteiger charge is 2.25. The van der Waals surface area contributed by atoms with Crippen LogP contribution in [-0.4, -0.2) is 17.4 Å². The molecule has 124 valence electrons. The van der Waals surface area contributed by atoms with Gasteiger partial charge in [0.2, 0.25) is 5.91 Å². The van der Waals surface area contributed by atoms with E-state index in [1.54, 1.807) is 0 Å². The molecule has 1 amide bonds. The molecule has 2 atom stereocenters. The summed E-state index contributed by atoms with van der Waals surface area (Å²) in [5, 5.41) is 0. The molecule has 2 N–H and O–H groups in total. The summed E-state index contributed by atoms with van der Waals surface area (Å²) in [6, 6.07) is 19.6. The number of benzene rings is 2. The maximum Gasteiger partial charge on any atom is 0.227 e. The van der Waals surface area contributed by atoms with E-state index in [0.717, 1.165) is 11.1 Å². The lowest BCUT2D eigenvalue weighted by molar-refractivity contribution is -0.136. The van der Waals surface area contributed by atoms with E-state index in [1.807, 2.05) is 79.4 Å². The number of carbonyl (C=O) groups excluding carboxylic acids is 1. The van der Waals surface area contributed by atoms with Crippen LogP contribution in [0.15, 0.2) is 60.7 Å². The third-order valence-corrected chi connectivity index (χ3v) is 4.02. The van der Waals surface area contributed by atoms with Crippen molar-refractivity contribution in [3.8, 4) is 0 Å². The van der Waals surface area contributed by atoms with Gasteiger partial charge >= 0.3 is 0 Å². The zero-order chi connectivity index (χ0) is 15.9. The summed E-state index contributed by atoms with van der Waals surface area (Å²) in [6.07, 6.45) is 0. The van der Waals surface area contributed by atoms with Gasteiger partial charge in [-0.3, -0.25) is 4.79 Å². The number of nitrogens with zero attached hydrogens (tertiary/aromatic N) is 1. The summed E-state index contributed by atoms with van der Waals surface area (Å²) in [7, 11) is 0. The van der Waals surface area contributed by atoms with Gasteiger partial charge < -0.3 is 10.6 Å². The largest absolute Gasteiger partial charge is 0.338 e. The average Bonchev–Trinajstić information content (AvgIpc) is 2.59. The van der Waals surface area contributed by atoms with Crippen LogP contribution in [0.4, 0.5) is 0 Å². The van der Waals surface area contributed by atoms with E-state index >= 15 is 0 Å². The van der Waals surface area contributed by atoms with Crippen molar-refractivity contribution in [3.05, 3.63) is 71.8 Å². The smallest absolute Gasteiger partial charge is 0.227 e. The first-order valence-electron chi connectivity index (χ1n) is 7.76. The fourth-order valence-corrected chi connectivity index (χ4v) is 2.55. The van der Waals surface area contributed by atoms with Gasteiger partial charge in [0.25, 0.3) is 0 Å². The number of amides is 1. The fourth-order valence-electron chi connectivity index (χ4n) is 2.55. The predicted molar refractivity (Wildman–Crippen MR) is 97.3 cm³/mol. The zero-order valence-corrected chi connectivity index (χ0v) is 14.5. The van der Waals surface area contributed by atoms with Crippen LogP contribution in [0.5, 0.6) is 0 Å². The molecule has 2 unspecified atom stereocenters. The van der Waals surface area contributed by atoms with Crippen molar-refractivity contribution < 1.29 is 4.79 Å². The minimum absolute atomic E-state index is 0. The van der Waals surface area contributed by atoms with Gasteiger partial charge in [-0.2, -0.15) is 0 Å². The van der Waals surface area contributed by atoms with Gasteiger partial charge in [-0.05, 0) is 18.1 Å². The first-order valence-corrected chi connectivity index (χ1v) is 7.76. The molecule has 3 nitrogen and oxygen atoms in total. The van der Waals surface area contributed by atoms with E-state index in [1.165, 1.54) is 0 Å².